The Kier molecular flexibility index (Phi) is 6.30. The first-order valence-electron chi connectivity index (χ1n) is 10.3. The highest BCUT2D eigenvalue weighted by Gasteiger charge is 2.37. The fourth-order valence-corrected chi connectivity index (χ4v) is 5.58. The van der Waals surface area contributed by atoms with Gasteiger partial charge in [0.1, 0.15) is 5.82 Å². The van der Waals surface area contributed by atoms with Crippen LogP contribution in [0.5, 0.6) is 0 Å². The number of hydrogen-bond acceptors (Lipinski definition) is 7. The SMILES string of the molecule is CC(C)(NC(=O)c1ccc(-c2cncc(C(F)(F)F)n2)cc1F)c1csc(NS(=O)(=O)C2CC2)n1. The first-order chi connectivity index (χ1) is 16.3. The molecular formula is C21H19F4N5O3S2. The van der Waals surface area contributed by atoms with E-state index in [4.69, 9.17) is 0 Å². The summed E-state index contributed by atoms with van der Waals surface area (Å²) in [5, 5.41) is 3.96. The van der Waals surface area contributed by atoms with Gasteiger partial charge in [0, 0.05) is 10.9 Å². The number of aromatic nitrogens is 3. The minimum absolute atomic E-state index is 0.0176. The summed E-state index contributed by atoms with van der Waals surface area (Å²) in [6.45, 7) is 3.23. The van der Waals surface area contributed by atoms with Crippen LogP contribution in [0.15, 0.2) is 36.0 Å². The van der Waals surface area contributed by atoms with Crippen molar-refractivity contribution < 1.29 is 30.8 Å². The van der Waals surface area contributed by atoms with E-state index in [9.17, 15) is 30.8 Å². The van der Waals surface area contributed by atoms with Gasteiger partial charge < -0.3 is 5.32 Å². The van der Waals surface area contributed by atoms with E-state index in [0.29, 0.717) is 24.7 Å². The number of nitrogens with zero attached hydrogens (tertiary/aromatic N) is 3. The summed E-state index contributed by atoms with van der Waals surface area (Å²) < 4.78 is 80.0. The highest BCUT2D eigenvalue weighted by Crippen LogP contribution is 2.32. The molecule has 1 aliphatic rings. The lowest BCUT2D eigenvalue weighted by atomic mass is 10.0. The van der Waals surface area contributed by atoms with E-state index in [0.717, 1.165) is 29.7 Å². The summed E-state index contributed by atoms with van der Waals surface area (Å²) in [7, 11) is -3.49. The van der Waals surface area contributed by atoms with E-state index in [-0.39, 0.29) is 22.0 Å². The van der Waals surface area contributed by atoms with Gasteiger partial charge in [-0.15, -0.1) is 11.3 Å². The molecule has 1 saturated carbocycles. The van der Waals surface area contributed by atoms with Crippen molar-refractivity contribution in [1.29, 1.82) is 0 Å². The average molecular weight is 530 g/mol. The van der Waals surface area contributed by atoms with Crippen LogP contribution in [0.3, 0.4) is 0 Å². The third kappa shape index (κ3) is 5.59. The van der Waals surface area contributed by atoms with E-state index in [1.54, 1.807) is 19.2 Å². The Morgan fingerprint density at radius 3 is 2.46 bits per heavy atom. The Balaban J connectivity index is 1.50. The van der Waals surface area contributed by atoms with Gasteiger partial charge in [-0.05, 0) is 38.8 Å². The van der Waals surface area contributed by atoms with Gasteiger partial charge >= 0.3 is 6.18 Å². The number of hydrogen-bond donors (Lipinski definition) is 2. The molecule has 186 valence electrons. The number of alkyl halides is 3. The van der Waals surface area contributed by atoms with Crippen molar-refractivity contribution in [2.45, 2.75) is 43.7 Å². The molecule has 2 heterocycles. The fourth-order valence-electron chi connectivity index (χ4n) is 3.11. The molecule has 14 heteroatoms. The van der Waals surface area contributed by atoms with Crippen molar-refractivity contribution >= 4 is 32.4 Å². The lowest BCUT2D eigenvalue weighted by Crippen LogP contribution is -2.41. The van der Waals surface area contributed by atoms with Crippen LogP contribution in [0.2, 0.25) is 0 Å². The fraction of sp³-hybridized carbons (Fsp3) is 0.333. The van der Waals surface area contributed by atoms with E-state index >= 15 is 0 Å². The summed E-state index contributed by atoms with van der Waals surface area (Å²) in [5.74, 6) is -1.76. The van der Waals surface area contributed by atoms with E-state index in [1.165, 1.54) is 6.07 Å². The number of carbonyl (C=O) groups excluding carboxylic acids is 1. The molecule has 4 rings (SSSR count). The van der Waals surface area contributed by atoms with Crippen molar-refractivity contribution in [3.63, 3.8) is 0 Å². The molecule has 0 spiro atoms. The zero-order chi connectivity index (χ0) is 25.6. The van der Waals surface area contributed by atoms with Gasteiger partial charge in [-0.25, -0.2) is 22.8 Å². The number of thiazole rings is 1. The Morgan fingerprint density at radius 1 is 1.11 bits per heavy atom. The maximum Gasteiger partial charge on any atom is 0.434 e. The molecule has 2 N–H and O–H groups in total. The number of amides is 1. The lowest BCUT2D eigenvalue weighted by Gasteiger charge is -2.24. The summed E-state index contributed by atoms with van der Waals surface area (Å²) in [5.41, 5.74) is -2.47. The van der Waals surface area contributed by atoms with Crippen LogP contribution in [0.25, 0.3) is 11.3 Å². The van der Waals surface area contributed by atoms with Crippen LogP contribution in [-0.4, -0.2) is 34.5 Å². The summed E-state index contributed by atoms with van der Waals surface area (Å²) in [4.78, 5) is 24.0. The molecule has 0 saturated heterocycles. The highest BCUT2D eigenvalue weighted by atomic mass is 32.2. The summed E-state index contributed by atoms with van der Waals surface area (Å²) in [6, 6.07) is 3.30. The molecule has 0 atom stereocenters. The van der Waals surface area contributed by atoms with Crippen LogP contribution in [0.1, 0.15) is 48.4 Å². The smallest absolute Gasteiger partial charge is 0.341 e. The molecule has 1 aromatic carbocycles. The maximum absolute atomic E-state index is 14.7. The monoisotopic (exact) mass is 529 g/mol. The average Bonchev–Trinajstić information content (AvgIpc) is 3.53. The van der Waals surface area contributed by atoms with Gasteiger partial charge in [0.15, 0.2) is 10.8 Å². The van der Waals surface area contributed by atoms with Crippen molar-refractivity contribution in [3.8, 4) is 11.3 Å². The van der Waals surface area contributed by atoms with Crippen molar-refractivity contribution in [2.24, 2.45) is 0 Å². The topological polar surface area (TPSA) is 114 Å². The third-order valence-electron chi connectivity index (χ3n) is 5.20. The number of halogens is 4. The minimum Gasteiger partial charge on any atom is -0.341 e. The molecule has 1 fully saturated rings. The highest BCUT2D eigenvalue weighted by molar-refractivity contribution is 7.93. The zero-order valence-electron chi connectivity index (χ0n) is 18.4. The van der Waals surface area contributed by atoms with Crippen LogP contribution in [0.4, 0.5) is 22.7 Å². The van der Waals surface area contributed by atoms with Crippen LogP contribution >= 0.6 is 11.3 Å². The van der Waals surface area contributed by atoms with Gasteiger partial charge in [-0.1, -0.05) is 6.07 Å². The molecule has 0 unspecified atom stereocenters. The summed E-state index contributed by atoms with van der Waals surface area (Å²) in [6.07, 6.45) is -1.89. The first-order valence-corrected chi connectivity index (χ1v) is 12.7. The molecule has 3 aromatic rings. The molecule has 1 amide bonds. The standard InChI is InChI=1S/C21H19F4N5O3S2/c1-20(2,17-10-34-19(28-17)30-35(32,33)12-4-5-12)29-18(31)13-6-3-11(7-14(13)22)15-8-26-9-16(27-15)21(23,24)25/h3,6-10,12H,4-5H2,1-2H3,(H,28,30)(H,29,31). The second kappa shape index (κ2) is 8.82. The molecular weight excluding hydrogens is 510 g/mol. The first kappa shape index (κ1) is 25.0. The van der Waals surface area contributed by atoms with Crippen LogP contribution < -0.4 is 10.0 Å². The van der Waals surface area contributed by atoms with Crippen molar-refractivity contribution in [2.75, 3.05) is 4.72 Å². The molecule has 2 aromatic heterocycles. The largest absolute Gasteiger partial charge is 0.434 e. The molecule has 8 nitrogen and oxygen atoms in total. The molecule has 35 heavy (non-hydrogen) atoms. The normalized spacial score (nSPS) is 14.6. The van der Waals surface area contributed by atoms with Gasteiger partial charge in [0.05, 0.1) is 40.1 Å². The van der Waals surface area contributed by atoms with E-state index in [2.05, 4.69) is 25.0 Å². The number of nitrogens with one attached hydrogen (secondary N) is 2. The minimum atomic E-state index is -4.71. The second-order valence-electron chi connectivity index (χ2n) is 8.45. The summed E-state index contributed by atoms with van der Waals surface area (Å²) >= 11 is 1.06. The predicted octanol–water partition coefficient (Wildman–Crippen LogP) is 4.33. The quantitative estimate of drug-likeness (QED) is 0.441. The van der Waals surface area contributed by atoms with Gasteiger partial charge in [0.25, 0.3) is 5.91 Å². The Labute approximate surface area is 201 Å². The number of benzene rings is 1. The van der Waals surface area contributed by atoms with E-state index < -0.39 is 44.4 Å². The Hall–Kier alpha value is -3.13. The molecule has 1 aliphatic carbocycles. The predicted molar refractivity (Wildman–Crippen MR) is 121 cm³/mol. The van der Waals surface area contributed by atoms with Crippen molar-refractivity contribution in [3.05, 3.63) is 58.7 Å². The number of sulfonamides is 1. The number of rotatable bonds is 7. The second-order valence-corrected chi connectivity index (χ2v) is 11.3. The number of carbonyl (C=O) groups is 1. The molecule has 0 aliphatic heterocycles. The van der Waals surface area contributed by atoms with Crippen molar-refractivity contribution in [1.82, 2.24) is 20.3 Å². The van der Waals surface area contributed by atoms with Crippen LogP contribution in [-0.2, 0) is 21.7 Å². The van der Waals surface area contributed by atoms with Crippen LogP contribution in [0, 0.1) is 5.82 Å². The zero-order valence-corrected chi connectivity index (χ0v) is 20.0. The lowest BCUT2D eigenvalue weighted by molar-refractivity contribution is -0.141. The van der Waals surface area contributed by atoms with Gasteiger partial charge in [-0.3, -0.25) is 14.5 Å². The number of anilines is 1. The maximum atomic E-state index is 14.7. The Morgan fingerprint density at radius 2 is 1.83 bits per heavy atom. The van der Waals surface area contributed by atoms with Gasteiger partial charge in [0.2, 0.25) is 10.0 Å². The third-order valence-corrected chi connectivity index (χ3v) is 7.91. The molecule has 0 radical (unpaired) electrons. The molecule has 0 bridgehead atoms. The van der Waals surface area contributed by atoms with E-state index in [1.807, 2.05) is 0 Å². The van der Waals surface area contributed by atoms with Gasteiger partial charge in [-0.2, -0.15) is 13.2 Å². The Bertz CT molecular complexity index is 1390.